The number of rotatable bonds is 0. The predicted octanol–water partition coefficient (Wildman–Crippen LogP) is 2.27. The SMILES string of the molecule is CC1=BCCN1C.[Cl][Zr]([Cl])[Cl]. The fourth-order valence-corrected chi connectivity index (χ4v) is 0.799. The van der Waals surface area contributed by atoms with Crippen molar-refractivity contribution in [1.29, 1.82) is 0 Å². The van der Waals surface area contributed by atoms with Crippen molar-refractivity contribution in [2.75, 3.05) is 13.6 Å². The number of halogens is 3. The summed E-state index contributed by atoms with van der Waals surface area (Å²) < 4.78 is 0. The normalized spacial score (nSPS) is 14.6. The van der Waals surface area contributed by atoms with Crippen LogP contribution in [0.1, 0.15) is 6.92 Å². The van der Waals surface area contributed by atoms with Crippen LogP contribution in [0.5, 0.6) is 0 Å². The van der Waals surface area contributed by atoms with E-state index in [-0.39, 0.29) is 0 Å². The van der Waals surface area contributed by atoms with Crippen molar-refractivity contribution >= 4 is 38.0 Å². The minimum absolute atomic E-state index is 1.21. The van der Waals surface area contributed by atoms with Gasteiger partial charge in [-0.05, 0) is 0 Å². The molecule has 1 aliphatic rings. The van der Waals surface area contributed by atoms with Crippen LogP contribution in [0.25, 0.3) is 0 Å². The molecule has 0 aliphatic carbocycles. The van der Waals surface area contributed by atoms with E-state index in [1.54, 1.807) is 0 Å². The third kappa shape index (κ3) is 7.84. The Morgan fingerprint density at radius 1 is 1.45 bits per heavy atom. The summed E-state index contributed by atoms with van der Waals surface area (Å²) in [5, 5.41) is 0. The molecule has 0 atom stereocenters. The van der Waals surface area contributed by atoms with Gasteiger partial charge in [0, 0.05) is 0 Å². The zero-order valence-corrected chi connectivity index (χ0v) is 11.3. The molecule has 11 heavy (non-hydrogen) atoms. The molecule has 63 valence electrons. The summed E-state index contributed by atoms with van der Waals surface area (Å²) in [6.07, 6.45) is 1.24. The second-order valence-corrected chi connectivity index (χ2v) is 13.5. The molecule has 1 aliphatic heterocycles. The van der Waals surface area contributed by atoms with Crippen molar-refractivity contribution < 1.29 is 18.2 Å². The zero-order valence-electron chi connectivity index (χ0n) is 6.57. The van der Waals surface area contributed by atoms with Crippen LogP contribution in [0.15, 0.2) is 0 Å². The Kier molecular flexibility index (Phi) is 7.89. The Hall–Kier alpha value is 1.49. The van der Waals surface area contributed by atoms with E-state index >= 15 is 0 Å². The van der Waals surface area contributed by atoms with Crippen molar-refractivity contribution in [2.24, 2.45) is 0 Å². The Morgan fingerprint density at radius 2 is 1.91 bits per heavy atom. The van der Waals surface area contributed by atoms with Crippen molar-refractivity contribution in [1.82, 2.24) is 4.90 Å². The van der Waals surface area contributed by atoms with E-state index in [1.807, 2.05) is 0 Å². The first-order valence-electron chi connectivity index (χ1n) is 3.25. The van der Waals surface area contributed by atoms with Gasteiger partial charge in [-0.15, -0.1) is 0 Å². The topological polar surface area (TPSA) is 3.24 Å². The first kappa shape index (κ1) is 12.5. The van der Waals surface area contributed by atoms with Gasteiger partial charge in [0.1, 0.15) is 0 Å². The maximum absolute atomic E-state index is 5.00. The van der Waals surface area contributed by atoms with E-state index in [0.29, 0.717) is 0 Å². The molecule has 0 aromatic heterocycles. The van der Waals surface area contributed by atoms with Gasteiger partial charge in [-0.3, -0.25) is 0 Å². The second kappa shape index (κ2) is 6.95. The van der Waals surface area contributed by atoms with Gasteiger partial charge in [0.15, 0.2) is 0 Å². The summed E-state index contributed by atoms with van der Waals surface area (Å²) in [5.41, 5.74) is 1.42. The van der Waals surface area contributed by atoms with E-state index in [0.717, 1.165) is 0 Å². The van der Waals surface area contributed by atoms with Gasteiger partial charge in [0.25, 0.3) is 0 Å². The molecule has 6 heteroatoms. The minimum atomic E-state index is -2.13. The first-order chi connectivity index (χ1) is 5.04. The molecule has 0 saturated carbocycles. The molecule has 0 radical (unpaired) electrons. The fourth-order valence-electron chi connectivity index (χ4n) is 0.799. The summed E-state index contributed by atoms with van der Waals surface area (Å²) >= 11 is -2.13. The predicted molar refractivity (Wildman–Crippen MR) is 51.4 cm³/mol. The van der Waals surface area contributed by atoms with Gasteiger partial charge in [-0.25, -0.2) is 0 Å². The molecule has 1 nitrogen and oxygen atoms in total. The van der Waals surface area contributed by atoms with Gasteiger partial charge in [0.05, 0.1) is 0 Å². The van der Waals surface area contributed by atoms with E-state index < -0.39 is 18.2 Å². The average Bonchev–Trinajstić information content (AvgIpc) is 2.15. The van der Waals surface area contributed by atoms with E-state index in [4.69, 9.17) is 25.5 Å². The third-order valence-electron chi connectivity index (χ3n) is 1.51. The Balaban J connectivity index is 0.000000218. The summed E-state index contributed by atoms with van der Waals surface area (Å²) in [6.45, 7) is 5.62. The molecule has 0 spiro atoms. The molecule has 0 fully saturated rings. The molecule has 1 rings (SSSR count). The molecule has 0 aromatic carbocycles. The van der Waals surface area contributed by atoms with Crippen molar-refractivity contribution in [3.8, 4) is 0 Å². The molecule has 0 saturated heterocycles. The van der Waals surface area contributed by atoms with Crippen molar-refractivity contribution in [2.45, 2.75) is 13.2 Å². The Morgan fingerprint density at radius 3 is 2.00 bits per heavy atom. The zero-order chi connectivity index (χ0) is 8.85. The van der Waals surface area contributed by atoms with E-state index in [9.17, 15) is 0 Å². The average molecular weight is 293 g/mol. The fraction of sp³-hybridized carbons (Fsp3) is 0.800. The van der Waals surface area contributed by atoms with Gasteiger partial charge < -0.3 is 0 Å². The molecular weight excluding hydrogens is 282 g/mol. The maximum atomic E-state index is 5.00. The van der Waals surface area contributed by atoms with Crippen LogP contribution in [-0.2, 0) is 18.2 Å². The monoisotopic (exact) mass is 290 g/mol. The molecule has 0 unspecified atom stereocenters. The van der Waals surface area contributed by atoms with Gasteiger partial charge in [-0.2, -0.15) is 0 Å². The number of nitrogens with zero attached hydrogens (tertiary/aromatic N) is 1. The summed E-state index contributed by atoms with van der Waals surface area (Å²) in [6, 6.07) is 0. The van der Waals surface area contributed by atoms with Crippen LogP contribution in [-0.4, -0.2) is 31.0 Å². The molecular formula is C5H10BCl3NZr. The van der Waals surface area contributed by atoms with Gasteiger partial charge in [0.2, 0.25) is 0 Å². The molecule has 1 heterocycles. The summed E-state index contributed by atoms with van der Waals surface area (Å²) in [7, 11) is 17.1. The molecule has 0 amide bonds. The second-order valence-electron chi connectivity index (χ2n) is 2.27. The Labute approximate surface area is 87.2 Å². The van der Waals surface area contributed by atoms with Crippen LogP contribution in [0.4, 0.5) is 0 Å². The van der Waals surface area contributed by atoms with E-state index in [1.165, 1.54) is 18.5 Å². The summed E-state index contributed by atoms with van der Waals surface area (Å²) in [4.78, 5) is 2.26. The molecule has 0 bridgehead atoms. The summed E-state index contributed by atoms with van der Waals surface area (Å²) in [5.74, 6) is 0. The van der Waals surface area contributed by atoms with Crippen LogP contribution in [0.2, 0.25) is 6.32 Å². The van der Waals surface area contributed by atoms with Gasteiger partial charge >= 0.3 is 88.0 Å². The van der Waals surface area contributed by atoms with Crippen LogP contribution in [0.3, 0.4) is 0 Å². The standard InChI is InChI=1S/C5H10BN.3ClH.Zr/c1-5-6-3-4-7(5)2;;;;/h3-4H2,1-2H3;3*1H;/q;;;;+3/p-3. The van der Waals surface area contributed by atoms with E-state index in [2.05, 4.69) is 25.8 Å². The van der Waals surface area contributed by atoms with Crippen molar-refractivity contribution in [3.05, 3.63) is 0 Å². The number of hydrogen-bond donors (Lipinski definition) is 0. The number of hydrogen-bond acceptors (Lipinski definition) is 1. The van der Waals surface area contributed by atoms with Gasteiger partial charge in [-0.1, -0.05) is 0 Å². The first-order valence-corrected chi connectivity index (χ1v) is 12.7. The van der Waals surface area contributed by atoms with Crippen molar-refractivity contribution in [3.63, 3.8) is 0 Å². The van der Waals surface area contributed by atoms with Crippen LogP contribution in [0, 0.1) is 0 Å². The third-order valence-corrected chi connectivity index (χ3v) is 1.51. The molecule has 0 N–H and O–H groups in total. The Bertz CT molecular complexity index is 139. The molecule has 0 aromatic rings. The quantitative estimate of drug-likeness (QED) is 0.619. The van der Waals surface area contributed by atoms with Crippen LogP contribution >= 0.6 is 25.5 Å². The van der Waals surface area contributed by atoms with Crippen LogP contribution < -0.4 is 0 Å².